The fraction of sp³-hybridized carbons (Fsp3) is 0.400. The predicted molar refractivity (Wildman–Crippen MR) is 87.7 cm³/mol. The highest BCUT2D eigenvalue weighted by atomic mass is 32.2. The molecular formula is C15H21N5OS. The van der Waals surface area contributed by atoms with E-state index in [2.05, 4.69) is 15.5 Å². The molecule has 1 amide bonds. The molecule has 1 aromatic heterocycles. The molecule has 7 heteroatoms. The molecule has 3 N–H and O–H groups in total. The second kappa shape index (κ2) is 6.93. The summed E-state index contributed by atoms with van der Waals surface area (Å²) in [5.41, 5.74) is 5.91. The maximum Gasteiger partial charge on any atom is 0.244 e. The van der Waals surface area contributed by atoms with Crippen LogP contribution in [0.15, 0.2) is 40.6 Å². The zero-order chi connectivity index (χ0) is 16.2. The Bertz CT molecular complexity index is 636. The number of amides is 1. The predicted octanol–water partition coefficient (Wildman–Crippen LogP) is 2.42. The summed E-state index contributed by atoms with van der Waals surface area (Å²) in [5.74, 6) is -0.164. The Balaban J connectivity index is 2.00. The number of aromatic nitrogens is 3. The van der Waals surface area contributed by atoms with Gasteiger partial charge in [0.05, 0.1) is 5.54 Å². The number of nitrogens with zero attached hydrogens (tertiary/aromatic N) is 3. The van der Waals surface area contributed by atoms with Gasteiger partial charge in [-0.05, 0) is 49.4 Å². The Morgan fingerprint density at radius 2 is 2.09 bits per heavy atom. The summed E-state index contributed by atoms with van der Waals surface area (Å²) in [6, 6.07) is 7.59. The quantitative estimate of drug-likeness (QED) is 0.854. The van der Waals surface area contributed by atoms with Gasteiger partial charge in [0.2, 0.25) is 5.91 Å². The van der Waals surface area contributed by atoms with Crippen molar-refractivity contribution in [3.8, 4) is 0 Å². The molecule has 2 aromatic rings. The second-order valence-corrected chi connectivity index (χ2v) is 6.51. The Morgan fingerprint density at radius 3 is 2.64 bits per heavy atom. The fourth-order valence-corrected chi connectivity index (χ4v) is 2.75. The van der Waals surface area contributed by atoms with Crippen molar-refractivity contribution in [3.63, 3.8) is 0 Å². The number of hydrogen-bond donors (Lipinski definition) is 2. The van der Waals surface area contributed by atoms with Gasteiger partial charge in [-0.25, -0.2) is 0 Å². The third-order valence-electron chi connectivity index (χ3n) is 3.28. The van der Waals surface area contributed by atoms with Crippen LogP contribution in [0.3, 0.4) is 0 Å². The molecule has 1 unspecified atom stereocenters. The van der Waals surface area contributed by atoms with Gasteiger partial charge >= 0.3 is 0 Å². The number of hydrogen-bond acceptors (Lipinski definition) is 5. The van der Waals surface area contributed by atoms with Crippen LogP contribution >= 0.6 is 11.8 Å². The molecule has 0 aliphatic carbocycles. The van der Waals surface area contributed by atoms with Crippen molar-refractivity contribution in [1.82, 2.24) is 14.8 Å². The lowest BCUT2D eigenvalue weighted by atomic mass is 9.96. The van der Waals surface area contributed by atoms with Crippen molar-refractivity contribution >= 4 is 23.4 Å². The summed E-state index contributed by atoms with van der Waals surface area (Å²) in [7, 11) is 1.90. The van der Waals surface area contributed by atoms with Crippen LogP contribution in [0.25, 0.3) is 0 Å². The Hall–Kier alpha value is -1.86. The first kappa shape index (κ1) is 16.5. The van der Waals surface area contributed by atoms with E-state index in [0.29, 0.717) is 6.42 Å². The van der Waals surface area contributed by atoms with Crippen LogP contribution in [0.5, 0.6) is 0 Å². The summed E-state index contributed by atoms with van der Waals surface area (Å²) in [5, 5.41) is 11.5. The van der Waals surface area contributed by atoms with Gasteiger partial charge in [-0.15, -0.1) is 10.2 Å². The van der Waals surface area contributed by atoms with Crippen LogP contribution < -0.4 is 11.1 Å². The molecule has 118 valence electrons. The molecule has 1 heterocycles. The van der Waals surface area contributed by atoms with Gasteiger partial charge in [0.25, 0.3) is 0 Å². The molecule has 22 heavy (non-hydrogen) atoms. The number of rotatable bonds is 6. The van der Waals surface area contributed by atoms with Gasteiger partial charge in [0.15, 0.2) is 5.16 Å². The molecule has 0 saturated heterocycles. The summed E-state index contributed by atoms with van der Waals surface area (Å²) in [4.78, 5) is 13.2. The Kier molecular flexibility index (Phi) is 5.20. The first-order valence-electron chi connectivity index (χ1n) is 7.14. The molecular weight excluding hydrogens is 298 g/mol. The van der Waals surface area contributed by atoms with Crippen LogP contribution in [-0.2, 0) is 11.8 Å². The molecule has 0 aliphatic rings. The number of benzene rings is 1. The van der Waals surface area contributed by atoms with E-state index in [-0.39, 0.29) is 5.91 Å². The number of nitrogens with two attached hydrogens (primary N) is 1. The van der Waals surface area contributed by atoms with Gasteiger partial charge in [0.1, 0.15) is 6.33 Å². The molecule has 2 rings (SSSR count). The van der Waals surface area contributed by atoms with Gasteiger partial charge in [0, 0.05) is 17.6 Å². The number of carbonyl (C=O) groups excluding carboxylic acids is 1. The summed E-state index contributed by atoms with van der Waals surface area (Å²) in [6.45, 7) is 3.76. The first-order chi connectivity index (χ1) is 10.4. The number of carbonyl (C=O) groups is 1. The van der Waals surface area contributed by atoms with E-state index < -0.39 is 5.54 Å². The molecule has 0 aliphatic heterocycles. The van der Waals surface area contributed by atoms with Crippen molar-refractivity contribution in [1.29, 1.82) is 0 Å². The highest BCUT2D eigenvalue weighted by Gasteiger charge is 2.27. The van der Waals surface area contributed by atoms with Gasteiger partial charge in [-0.3, -0.25) is 4.79 Å². The average molecular weight is 319 g/mol. The first-order valence-corrected chi connectivity index (χ1v) is 7.96. The normalized spacial score (nSPS) is 13.6. The number of anilines is 1. The van der Waals surface area contributed by atoms with E-state index in [4.69, 9.17) is 5.73 Å². The molecule has 6 nitrogen and oxygen atoms in total. The SMILES string of the molecule is CCCC(C)(N)C(=O)Nc1ccc(Sc2nncn2C)cc1. The molecule has 1 aromatic carbocycles. The van der Waals surface area contributed by atoms with Gasteiger partial charge in [-0.2, -0.15) is 0 Å². The number of aryl methyl sites for hydroxylation is 1. The third-order valence-corrected chi connectivity index (χ3v) is 4.34. The van der Waals surface area contributed by atoms with E-state index in [0.717, 1.165) is 22.2 Å². The van der Waals surface area contributed by atoms with E-state index in [9.17, 15) is 4.79 Å². The molecule has 0 radical (unpaired) electrons. The van der Waals surface area contributed by atoms with E-state index in [1.807, 2.05) is 42.8 Å². The zero-order valence-electron chi connectivity index (χ0n) is 13.0. The third kappa shape index (κ3) is 4.08. The van der Waals surface area contributed by atoms with Crippen LogP contribution in [0, 0.1) is 0 Å². The standard InChI is InChI=1S/C15H21N5OS/c1-4-9-15(2,16)13(21)18-11-5-7-12(8-6-11)22-14-19-17-10-20(14)3/h5-8,10H,4,9,16H2,1-3H3,(H,18,21). The molecule has 0 saturated carbocycles. The molecule has 0 spiro atoms. The lowest BCUT2D eigenvalue weighted by Crippen LogP contribution is -2.48. The summed E-state index contributed by atoms with van der Waals surface area (Å²) in [6.07, 6.45) is 3.18. The van der Waals surface area contributed by atoms with Crippen molar-refractivity contribution < 1.29 is 4.79 Å². The topological polar surface area (TPSA) is 85.8 Å². The van der Waals surface area contributed by atoms with Crippen LogP contribution in [0.4, 0.5) is 5.69 Å². The van der Waals surface area contributed by atoms with Crippen LogP contribution in [0.2, 0.25) is 0 Å². The largest absolute Gasteiger partial charge is 0.325 e. The van der Waals surface area contributed by atoms with E-state index in [1.165, 1.54) is 11.8 Å². The molecule has 0 bridgehead atoms. The highest BCUT2D eigenvalue weighted by Crippen LogP contribution is 2.26. The zero-order valence-corrected chi connectivity index (χ0v) is 13.9. The van der Waals surface area contributed by atoms with Gasteiger partial charge in [-0.1, -0.05) is 13.3 Å². The smallest absolute Gasteiger partial charge is 0.244 e. The summed E-state index contributed by atoms with van der Waals surface area (Å²) < 4.78 is 1.85. The lowest BCUT2D eigenvalue weighted by molar-refractivity contribution is -0.120. The molecule has 1 atom stereocenters. The van der Waals surface area contributed by atoms with Crippen molar-refractivity contribution in [2.24, 2.45) is 12.8 Å². The fourth-order valence-electron chi connectivity index (χ4n) is 1.98. The van der Waals surface area contributed by atoms with Crippen molar-refractivity contribution in [3.05, 3.63) is 30.6 Å². The van der Waals surface area contributed by atoms with Gasteiger partial charge < -0.3 is 15.6 Å². The van der Waals surface area contributed by atoms with E-state index in [1.54, 1.807) is 13.3 Å². The Morgan fingerprint density at radius 1 is 1.41 bits per heavy atom. The maximum atomic E-state index is 12.1. The van der Waals surface area contributed by atoms with Crippen molar-refractivity contribution in [2.45, 2.75) is 42.3 Å². The lowest BCUT2D eigenvalue weighted by Gasteiger charge is -2.22. The van der Waals surface area contributed by atoms with E-state index >= 15 is 0 Å². The number of nitrogens with one attached hydrogen (secondary N) is 1. The minimum absolute atomic E-state index is 0.164. The molecule has 0 fully saturated rings. The second-order valence-electron chi connectivity index (χ2n) is 5.47. The average Bonchev–Trinajstić information content (AvgIpc) is 2.86. The van der Waals surface area contributed by atoms with Crippen molar-refractivity contribution in [2.75, 3.05) is 5.32 Å². The summed E-state index contributed by atoms with van der Waals surface area (Å²) >= 11 is 1.51. The monoisotopic (exact) mass is 319 g/mol. The minimum atomic E-state index is -0.846. The van der Waals surface area contributed by atoms with Crippen LogP contribution in [0.1, 0.15) is 26.7 Å². The minimum Gasteiger partial charge on any atom is -0.325 e. The Labute approximate surface area is 134 Å². The highest BCUT2D eigenvalue weighted by molar-refractivity contribution is 7.99. The van der Waals surface area contributed by atoms with Crippen LogP contribution in [-0.4, -0.2) is 26.2 Å². The maximum absolute atomic E-state index is 12.1.